The first-order valence-electron chi connectivity index (χ1n) is 5.68. The Morgan fingerprint density at radius 3 is 2.63 bits per heavy atom. The number of imidazole rings is 1. The van der Waals surface area contributed by atoms with E-state index in [2.05, 4.69) is 9.97 Å². The highest BCUT2D eigenvalue weighted by Crippen LogP contribution is 2.25. The predicted molar refractivity (Wildman–Crippen MR) is 70.6 cm³/mol. The summed E-state index contributed by atoms with van der Waals surface area (Å²) in [4.78, 5) is 18.8. The van der Waals surface area contributed by atoms with Crippen LogP contribution in [0, 0.1) is 10.1 Å². The highest BCUT2D eigenvalue weighted by molar-refractivity contribution is 5.82. The van der Waals surface area contributed by atoms with Gasteiger partial charge in [0.25, 0.3) is 5.69 Å². The summed E-state index contributed by atoms with van der Waals surface area (Å²) < 4.78 is 1.91. The van der Waals surface area contributed by atoms with Gasteiger partial charge in [0.1, 0.15) is 5.82 Å². The zero-order chi connectivity index (χ0) is 13.4. The van der Waals surface area contributed by atoms with Crippen LogP contribution in [-0.4, -0.2) is 19.5 Å². The van der Waals surface area contributed by atoms with Crippen LogP contribution in [0.4, 0.5) is 5.69 Å². The maximum absolute atomic E-state index is 10.8. The summed E-state index contributed by atoms with van der Waals surface area (Å²) in [6, 6.07) is 8.40. The van der Waals surface area contributed by atoms with Gasteiger partial charge in [-0.3, -0.25) is 15.1 Å². The molecule has 0 aliphatic rings. The van der Waals surface area contributed by atoms with E-state index in [1.807, 2.05) is 23.7 Å². The average Bonchev–Trinajstić information content (AvgIpc) is 2.76. The number of nitro benzene ring substituents is 1. The van der Waals surface area contributed by atoms with E-state index in [-0.39, 0.29) is 5.69 Å². The van der Waals surface area contributed by atoms with Gasteiger partial charge in [-0.1, -0.05) is 0 Å². The van der Waals surface area contributed by atoms with Crippen molar-refractivity contribution in [2.75, 3.05) is 0 Å². The Balaban J connectivity index is 2.23. The second-order valence-electron chi connectivity index (χ2n) is 4.16. The molecule has 2 heterocycles. The summed E-state index contributed by atoms with van der Waals surface area (Å²) in [6.07, 6.45) is 3.38. The van der Waals surface area contributed by atoms with Gasteiger partial charge in [-0.25, -0.2) is 4.98 Å². The number of aryl methyl sites for hydroxylation is 1. The Morgan fingerprint density at radius 1 is 1.21 bits per heavy atom. The van der Waals surface area contributed by atoms with Crippen LogP contribution in [0.3, 0.4) is 0 Å². The van der Waals surface area contributed by atoms with E-state index in [0.29, 0.717) is 5.52 Å². The summed E-state index contributed by atoms with van der Waals surface area (Å²) in [5, 5.41) is 10.8. The lowest BCUT2D eigenvalue weighted by Crippen LogP contribution is -1.92. The molecular weight excluding hydrogens is 244 g/mol. The first-order valence-corrected chi connectivity index (χ1v) is 5.68. The minimum Gasteiger partial charge on any atom is -0.327 e. The molecule has 0 spiro atoms. The largest absolute Gasteiger partial charge is 0.327 e. The van der Waals surface area contributed by atoms with Gasteiger partial charge in [-0.2, -0.15) is 0 Å². The van der Waals surface area contributed by atoms with Crippen molar-refractivity contribution in [1.82, 2.24) is 14.5 Å². The first-order chi connectivity index (χ1) is 9.16. The minimum atomic E-state index is -0.416. The molecular formula is C13H10N4O2. The lowest BCUT2D eigenvalue weighted by molar-refractivity contribution is -0.384. The van der Waals surface area contributed by atoms with Crippen molar-refractivity contribution >= 4 is 16.7 Å². The fourth-order valence-electron chi connectivity index (χ4n) is 2.06. The fraction of sp³-hybridized carbons (Fsp3) is 0.0769. The van der Waals surface area contributed by atoms with Crippen LogP contribution in [0.1, 0.15) is 0 Å². The lowest BCUT2D eigenvalue weighted by Gasteiger charge is -2.01. The van der Waals surface area contributed by atoms with Gasteiger partial charge in [0, 0.05) is 37.1 Å². The number of non-ortho nitro benzene ring substituents is 1. The number of aromatic nitrogens is 3. The molecule has 3 aromatic rings. The van der Waals surface area contributed by atoms with E-state index in [4.69, 9.17) is 0 Å². The number of benzene rings is 1. The van der Waals surface area contributed by atoms with Crippen molar-refractivity contribution in [3.63, 3.8) is 0 Å². The van der Waals surface area contributed by atoms with Gasteiger partial charge in [0.2, 0.25) is 0 Å². The van der Waals surface area contributed by atoms with E-state index in [9.17, 15) is 10.1 Å². The monoisotopic (exact) mass is 254 g/mol. The van der Waals surface area contributed by atoms with Crippen molar-refractivity contribution in [3.05, 3.63) is 52.8 Å². The molecule has 0 aliphatic carbocycles. The number of hydrogen-bond donors (Lipinski definition) is 0. The molecule has 19 heavy (non-hydrogen) atoms. The summed E-state index contributed by atoms with van der Waals surface area (Å²) in [5.74, 6) is 0.762. The van der Waals surface area contributed by atoms with Crippen molar-refractivity contribution in [1.29, 1.82) is 0 Å². The molecule has 0 fully saturated rings. The van der Waals surface area contributed by atoms with E-state index >= 15 is 0 Å². The molecule has 0 saturated carbocycles. The SMILES string of the molecule is Cn1c(-c2ccncc2)nc2cc([N+](=O)[O-])ccc21. The second kappa shape index (κ2) is 4.16. The van der Waals surface area contributed by atoms with Crippen LogP contribution >= 0.6 is 0 Å². The van der Waals surface area contributed by atoms with Crippen LogP contribution in [0.2, 0.25) is 0 Å². The molecule has 0 N–H and O–H groups in total. The predicted octanol–water partition coefficient (Wildman–Crippen LogP) is 2.54. The third-order valence-corrected chi connectivity index (χ3v) is 3.01. The molecule has 0 bridgehead atoms. The molecule has 2 aromatic heterocycles. The third-order valence-electron chi connectivity index (χ3n) is 3.01. The maximum Gasteiger partial charge on any atom is 0.271 e. The van der Waals surface area contributed by atoms with Crippen molar-refractivity contribution in [2.24, 2.45) is 7.05 Å². The quantitative estimate of drug-likeness (QED) is 0.520. The smallest absolute Gasteiger partial charge is 0.271 e. The van der Waals surface area contributed by atoms with Crippen LogP contribution in [0.25, 0.3) is 22.4 Å². The Labute approximate surface area is 108 Å². The topological polar surface area (TPSA) is 73.8 Å². The molecule has 0 unspecified atom stereocenters. The molecule has 3 rings (SSSR count). The second-order valence-corrected chi connectivity index (χ2v) is 4.16. The zero-order valence-corrected chi connectivity index (χ0v) is 10.1. The summed E-state index contributed by atoms with van der Waals surface area (Å²) in [6.45, 7) is 0. The number of rotatable bonds is 2. The van der Waals surface area contributed by atoms with Gasteiger partial charge in [0.05, 0.1) is 16.0 Å². The van der Waals surface area contributed by atoms with Crippen molar-refractivity contribution < 1.29 is 4.92 Å². The van der Waals surface area contributed by atoms with Crippen LogP contribution in [0.5, 0.6) is 0 Å². The number of nitrogens with zero attached hydrogens (tertiary/aromatic N) is 4. The molecule has 0 radical (unpaired) electrons. The highest BCUT2D eigenvalue weighted by Gasteiger charge is 2.13. The number of fused-ring (bicyclic) bond motifs is 1. The number of nitro groups is 1. The zero-order valence-electron chi connectivity index (χ0n) is 10.1. The van der Waals surface area contributed by atoms with Gasteiger partial charge in [0.15, 0.2) is 0 Å². The molecule has 0 amide bonds. The van der Waals surface area contributed by atoms with Crippen molar-refractivity contribution in [3.8, 4) is 11.4 Å². The Hall–Kier alpha value is -2.76. The summed E-state index contributed by atoms with van der Waals surface area (Å²) in [7, 11) is 1.89. The van der Waals surface area contributed by atoms with E-state index in [1.54, 1.807) is 18.5 Å². The Kier molecular flexibility index (Phi) is 2.49. The van der Waals surface area contributed by atoms with Crippen molar-refractivity contribution in [2.45, 2.75) is 0 Å². The highest BCUT2D eigenvalue weighted by atomic mass is 16.6. The van der Waals surface area contributed by atoms with Gasteiger partial charge in [-0.15, -0.1) is 0 Å². The Morgan fingerprint density at radius 2 is 1.95 bits per heavy atom. The average molecular weight is 254 g/mol. The summed E-state index contributed by atoms with van der Waals surface area (Å²) in [5.41, 5.74) is 2.45. The van der Waals surface area contributed by atoms with E-state index in [0.717, 1.165) is 16.9 Å². The molecule has 1 aromatic carbocycles. The van der Waals surface area contributed by atoms with Crippen LogP contribution < -0.4 is 0 Å². The van der Waals surface area contributed by atoms with E-state index in [1.165, 1.54) is 12.1 Å². The van der Waals surface area contributed by atoms with Gasteiger partial charge in [-0.05, 0) is 18.2 Å². The molecule has 0 atom stereocenters. The van der Waals surface area contributed by atoms with Crippen LogP contribution in [-0.2, 0) is 7.05 Å². The standard InChI is InChI=1S/C13H10N4O2/c1-16-12-3-2-10(17(18)19)8-11(12)15-13(16)9-4-6-14-7-5-9/h2-8H,1H3. The first kappa shape index (κ1) is 11.3. The number of pyridine rings is 1. The normalized spacial score (nSPS) is 10.8. The van der Waals surface area contributed by atoms with E-state index < -0.39 is 4.92 Å². The Bertz CT molecular complexity index is 765. The third kappa shape index (κ3) is 1.83. The summed E-state index contributed by atoms with van der Waals surface area (Å²) >= 11 is 0. The van der Waals surface area contributed by atoms with Gasteiger partial charge >= 0.3 is 0 Å². The van der Waals surface area contributed by atoms with Crippen LogP contribution in [0.15, 0.2) is 42.7 Å². The lowest BCUT2D eigenvalue weighted by atomic mass is 10.2. The molecule has 6 heteroatoms. The molecule has 0 aliphatic heterocycles. The maximum atomic E-state index is 10.8. The minimum absolute atomic E-state index is 0.0480. The molecule has 0 saturated heterocycles. The fourth-order valence-corrected chi connectivity index (χ4v) is 2.06. The molecule has 6 nitrogen and oxygen atoms in total. The van der Waals surface area contributed by atoms with Gasteiger partial charge < -0.3 is 4.57 Å². The number of hydrogen-bond acceptors (Lipinski definition) is 4. The molecule has 94 valence electrons.